The number of benzene rings is 1. The summed E-state index contributed by atoms with van der Waals surface area (Å²) in [4.78, 5) is 11.3. The van der Waals surface area contributed by atoms with E-state index < -0.39 is 6.04 Å². The second kappa shape index (κ2) is 6.57. The van der Waals surface area contributed by atoms with Crippen LogP contribution in [0, 0.1) is 0 Å². The van der Waals surface area contributed by atoms with Crippen LogP contribution in [0.3, 0.4) is 0 Å². The number of amides is 1. The Kier molecular flexibility index (Phi) is 4.80. The van der Waals surface area contributed by atoms with Crippen molar-refractivity contribution in [2.24, 2.45) is 5.73 Å². The summed E-state index contributed by atoms with van der Waals surface area (Å²) in [5.74, 6) is 0.740. The molecule has 4 nitrogen and oxygen atoms in total. The van der Waals surface area contributed by atoms with Crippen LogP contribution < -0.4 is 15.8 Å². The highest BCUT2D eigenvalue weighted by Gasteiger charge is 2.10. The van der Waals surface area contributed by atoms with E-state index in [0.29, 0.717) is 13.2 Å². The van der Waals surface area contributed by atoms with Gasteiger partial charge in [-0.3, -0.25) is 4.79 Å². The van der Waals surface area contributed by atoms with Crippen LogP contribution in [0.4, 0.5) is 0 Å². The first kappa shape index (κ1) is 13.9. The van der Waals surface area contributed by atoms with Crippen LogP contribution in [0.15, 0.2) is 18.2 Å². The first-order chi connectivity index (χ1) is 9.16. The number of rotatable bonds is 5. The largest absolute Gasteiger partial charge is 0.492 e. The zero-order valence-electron chi connectivity index (χ0n) is 11.4. The summed E-state index contributed by atoms with van der Waals surface area (Å²) in [5.41, 5.74) is 8.31. The fourth-order valence-corrected chi connectivity index (χ4v) is 2.30. The van der Waals surface area contributed by atoms with Gasteiger partial charge in [-0.25, -0.2) is 0 Å². The van der Waals surface area contributed by atoms with Gasteiger partial charge in [0.2, 0.25) is 5.91 Å². The van der Waals surface area contributed by atoms with Gasteiger partial charge in [0.1, 0.15) is 12.4 Å². The number of carbonyl (C=O) groups is 1. The first-order valence-corrected chi connectivity index (χ1v) is 6.94. The molecule has 1 amide bonds. The van der Waals surface area contributed by atoms with E-state index in [9.17, 15) is 4.79 Å². The highest BCUT2D eigenvalue weighted by Crippen LogP contribution is 2.25. The third kappa shape index (κ3) is 3.96. The standard InChI is InChI=1S/C15H22N2O2/c1-11(16)15(18)17-8-9-19-14-7-6-12-4-2-3-5-13(12)10-14/h6-7,10-11H,2-5,8-9,16H2,1H3,(H,17,18). The number of carbonyl (C=O) groups excluding carboxylic acids is 1. The molecule has 0 saturated carbocycles. The molecule has 0 aromatic heterocycles. The third-order valence-electron chi connectivity index (χ3n) is 3.40. The Morgan fingerprint density at radius 3 is 2.84 bits per heavy atom. The van der Waals surface area contributed by atoms with Crippen LogP contribution in [-0.2, 0) is 17.6 Å². The molecule has 1 aromatic carbocycles. The van der Waals surface area contributed by atoms with E-state index >= 15 is 0 Å². The third-order valence-corrected chi connectivity index (χ3v) is 3.40. The predicted molar refractivity (Wildman–Crippen MR) is 75.2 cm³/mol. The number of hydrogen-bond acceptors (Lipinski definition) is 3. The SMILES string of the molecule is CC(N)C(=O)NCCOc1ccc2c(c1)CCCC2. The summed E-state index contributed by atoms with van der Waals surface area (Å²) in [7, 11) is 0. The lowest BCUT2D eigenvalue weighted by Crippen LogP contribution is -2.40. The Labute approximate surface area is 114 Å². The molecular weight excluding hydrogens is 240 g/mol. The molecule has 2 rings (SSSR count). The van der Waals surface area contributed by atoms with Crippen molar-refractivity contribution in [1.29, 1.82) is 0 Å². The number of aryl methyl sites for hydroxylation is 2. The second-order valence-corrected chi connectivity index (χ2v) is 5.07. The highest BCUT2D eigenvalue weighted by molar-refractivity contribution is 5.80. The molecule has 1 aromatic rings. The summed E-state index contributed by atoms with van der Waals surface area (Å²) in [6, 6.07) is 5.83. The van der Waals surface area contributed by atoms with Gasteiger partial charge in [0.25, 0.3) is 0 Å². The molecule has 19 heavy (non-hydrogen) atoms. The Hall–Kier alpha value is -1.55. The predicted octanol–water partition coefficient (Wildman–Crippen LogP) is 1.41. The Balaban J connectivity index is 1.79. The Morgan fingerprint density at radius 1 is 1.37 bits per heavy atom. The van der Waals surface area contributed by atoms with Gasteiger partial charge >= 0.3 is 0 Å². The minimum atomic E-state index is -0.469. The summed E-state index contributed by atoms with van der Waals surface area (Å²) >= 11 is 0. The zero-order valence-corrected chi connectivity index (χ0v) is 11.4. The van der Waals surface area contributed by atoms with Crippen molar-refractivity contribution in [2.45, 2.75) is 38.6 Å². The van der Waals surface area contributed by atoms with Crippen LogP contribution in [-0.4, -0.2) is 25.1 Å². The van der Waals surface area contributed by atoms with Crippen molar-refractivity contribution >= 4 is 5.91 Å². The van der Waals surface area contributed by atoms with Gasteiger partial charge in [0.15, 0.2) is 0 Å². The maximum absolute atomic E-state index is 11.3. The minimum Gasteiger partial charge on any atom is -0.492 e. The van der Waals surface area contributed by atoms with Crippen LogP contribution >= 0.6 is 0 Å². The monoisotopic (exact) mass is 262 g/mol. The normalized spacial score (nSPS) is 15.5. The average Bonchev–Trinajstić information content (AvgIpc) is 2.43. The topological polar surface area (TPSA) is 64.4 Å². The van der Waals surface area contributed by atoms with E-state index in [0.717, 1.165) is 12.2 Å². The molecule has 1 atom stereocenters. The fraction of sp³-hybridized carbons (Fsp3) is 0.533. The van der Waals surface area contributed by atoms with E-state index in [4.69, 9.17) is 10.5 Å². The molecule has 1 aliphatic rings. The zero-order chi connectivity index (χ0) is 13.7. The summed E-state index contributed by atoms with van der Waals surface area (Å²) < 4.78 is 5.65. The fourth-order valence-electron chi connectivity index (χ4n) is 2.30. The number of hydrogen-bond donors (Lipinski definition) is 2. The highest BCUT2D eigenvalue weighted by atomic mass is 16.5. The quantitative estimate of drug-likeness (QED) is 0.789. The molecule has 1 unspecified atom stereocenters. The molecule has 0 aliphatic heterocycles. The van der Waals surface area contributed by atoms with E-state index in [-0.39, 0.29) is 5.91 Å². The number of fused-ring (bicyclic) bond motifs is 1. The Morgan fingerprint density at radius 2 is 2.11 bits per heavy atom. The molecule has 0 bridgehead atoms. The molecule has 0 spiro atoms. The molecule has 1 aliphatic carbocycles. The van der Waals surface area contributed by atoms with Gasteiger partial charge in [0.05, 0.1) is 12.6 Å². The van der Waals surface area contributed by atoms with Gasteiger partial charge in [-0.05, 0) is 55.9 Å². The maximum atomic E-state index is 11.3. The van der Waals surface area contributed by atoms with Crippen molar-refractivity contribution < 1.29 is 9.53 Å². The van der Waals surface area contributed by atoms with E-state index in [1.165, 1.54) is 30.4 Å². The lowest BCUT2D eigenvalue weighted by atomic mass is 9.92. The van der Waals surface area contributed by atoms with E-state index in [2.05, 4.69) is 17.4 Å². The maximum Gasteiger partial charge on any atom is 0.236 e. The van der Waals surface area contributed by atoms with Crippen LogP contribution in [0.25, 0.3) is 0 Å². The van der Waals surface area contributed by atoms with Crippen LogP contribution in [0.1, 0.15) is 30.9 Å². The number of nitrogens with one attached hydrogen (secondary N) is 1. The van der Waals surface area contributed by atoms with Crippen LogP contribution in [0.5, 0.6) is 5.75 Å². The second-order valence-electron chi connectivity index (χ2n) is 5.07. The molecule has 3 N–H and O–H groups in total. The van der Waals surface area contributed by atoms with Gasteiger partial charge in [-0.2, -0.15) is 0 Å². The molecular formula is C15H22N2O2. The van der Waals surface area contributed by atoms with Crippen molar-refractivity contribution in [3.8, 4) is 5.75 Å². The molecule has 104 valence electrons. The van der Waals surface area contributed by atoms with Crippen molar-refractivity contribution in [2.75, 3.05) is 13.2 Å². The summed E-state index contributed by atoms with van der Waals surface area (Å²) in [5, 5.41) is 2.73. The number of nitrogens with two attached hydrogens (primary N) is 1. The summed E-state index contributed by atoms with van der Waals surface area (Å²) in [6.45, 7) is 2.62. The van der Waals surface area contributed by atoms with Crippen molar-refractivity contribution in [3.63, 3.8) is 0 Å². The lowest BCUT2D eigenvalue weighted by Gasteiger charge is -2.17. The number of ether oxygens (including phenoxy) is 1. The smallest absolute Gasteiger partial charge is 0.236 e. The molecule has 0 saturated heterocycles. The van der Waals surface area contributed by atoms with E-state index in [1.807, 2.05) is 6.07 Å². The molecule has 0 radical (unpaired) electrons. The molecule has 0 fully saturated rings. The molecule has 0 heterocycles. The summed E-state index contributed by atoms with van der Waals surface area (Å²) in [6.07, 6.45) is 4.88. The minimum absolute atomic E-state index is 0.144. The van der Waals surface area contributed by atoms with Gasteiger partial charge in [0, 0.05) is 0 Å². The van der Waals surface area contributed by atoms with Crippen molar-refractivity contribution in [3.05, 3.63) is 29.3 Å². The molecule has 4 heteroatoms. The Bertz CT molecular complexity index is 444. The van der Waals surface area contributed by atoms with Gasteiger partial charge in [-0.15, -0.1) is 0 Å². The lowest BCUT2D eigenvalue weighted by molar-refractivity contribution is -0.122. The first-order valence-electron chi connectivity index (χ1n) is 6.94. The van der Waals surface area contributed by atoms with Crippen LogP contribution in [0.2, 0.25) is 0 Å². The average molecular weight is 262 g/mol. The van der Waals surface area contributed by atoms with E-state index in [1.54, 1.807) is 6.92 Å². The van der Waals surface area contributed by atoms with Gasteiger partial charge in [-0.1, -0.05) is 6.07 Å². The van der Waals surface area contributed by atoms with Gasteiger partial charge < -0.3 is 15.8 Å². The van der Waals surface area contributed by atoms with Crippen molar-refractivity contribution in [1.82, 2.24) is 5.32 Å².